The van der Waals surface area contributed by atoms with E-state index < -0.39 is 6.50 Å². The fraction of sp³-hybridized carbons (Fsp3) is 0.100. The summed E-state index contributed by atoms with van der Waals surface area (Å²) in [6.45, 7) is -1.95. The molecule has 1 heterocycles. The van der Waals surface area contributed by atoms with E-state index in [1.54, 1.807) is 24.3 Å². The first-order valence-electron chi connectivity index (χ1n) is 5.39. The Bertz CT molecular complexity index is 502. The van der Waals surface area contributed by atoms with Gasteiger partial charge < -0.3 is 5.73 Å². The van der Waals surface area contributed by atoms with Crippen LogP contribution in [0.2, 0.25) is 0 Å². The first kappa shape index (κ1) is 5.19. The highest BCUT2D eigenvalue weighted by Gasteiger charge is 2.00. The molecule has 0 saturated heterocycles. The second-order valence-corrected chi connectivity index (χ2v) is 2.53. The quantitative estimate of drug-likeness (QED) is 0.750. The minimum absolute atomic E-state index is 0.191. The van der Waals surface area contributed by atoms with Crippen LogP contribution in [0, 0.1) is 0 Å². The molecular formula is C10H11N3. The van der Waals surface area contributed by atoms with Crippen molar-refractivity contribution in [3.8, 4) is 5.69 Å². The summed E-state index contributed by atoms with van der Waals surface area (Å²) >= 11 is 0. The molecule has 0 fully saturated rings. The number of nitrogens with zero attached hydrogens (tertiary/aromatic N) is 2. The number of para-hydroxylation sites is 1. The minimum Gasteiger partial charge on any atom is -0.326 e. The lowest BCUT2D eigenvalue weighted by molar-refractivity contribution is 0.858. The van der Waals surface area contributed by atoms with Crippen LogP contribution in [0.3, 0.4) is 0 Å². The van der Waals surface area contributed by atoms with Gasteiger partial charge in [-0.2, -0.15) is 5.10 Å². The van der Waals surface area contributed by atoms with E-state index in [2.05, 4.69) is 5.10 Å². The molecule has 1 aromatic carbocycles. The van der Waals surface area contributed by atoms with Crippen molar-refractivity contribution >= 4 is 0 Å². The van der Waals surface area contributed by atoms with Gasteiger partial charge in [-0.25, -0.2) is 4.68 Å². The molecule has 3 nitrogen and oxygen atoms in total. The van der Waals surface area contributed by atoms with Crippen molar-refractivity contribution in [3.63, 3.8) is 0 Å². The lowest BCUT2D eigenvalue weighted by atomic mass is 10.2. The SMILES string of the molecule is [2H]c1ccnn1-c1ccccc1C([2H])([2H])N. The van der Waals surface area contributed by atoms with E-state index >= 15 is 0 Å². The van der Waals surface area contributed by atoms with Gasteiger partial charge in [-0.05, 0) is 17.7 Å². The van der Waals surface area contributed by atoms with Crippen LogP contribution in [0.25, 0.3) is 5.69 Å². The Morgan fingerprint density at radius 2 is 2.31 bits per heavy atom. The van der Waals surface area contributed by atoms with Gasteiger partial charge in [-0.1, -0.05) is 18.2 Å². The topological polar surface area (TPSA) is 43.8 Å². The first-order chi connectivity index (χ1) is 7.50. The largest absolute Gasteiger partial charge is 0.326 e. The Morgan fingerprint density at radius 1 is 1.46 bits per heavy atom. The molecule has 2 N–H and O–H groups in total. The molecule has 0 bridgehead atoms. The summed E-state index contributed by atoms with van der Waals surface area (Å²) in [5.41, 5.74) is 6.25. The van der Waals surface area contributed by atoms with Crippen LogP contribution in [0.4, 0.5) is 0 Å². The highest BCUT2D eigenvalue weighted by molar-refractivity contribution is 5.39. The zero-order valence-corrected chi connectivity index (χ0v) is 6.94. The second-order valence-electron chi connectivity index (χ2n) is 2.53. The monoisotopic (exact) mass is 176 g/mol. The van der Waals surface area contributed by atoms with Crippen molar-refractivity contribution in [2.45, 2.75) is 6.50 Å². The Morgan fingerprint density at radius 3 is 3.00 bits per heavy atom. The van der Waals surface area contributed by atoms with Crippen molar-refractivity contribution in [1.82, 2.24) is 9.78 Å². The third-order valence-corrected chi connectivity index (χ3v) is 1.74. The minimum atomic E-state index is -1.95. The Labute approximate surface area is 81.0 Å². The summed E-state index contributed by atoms with van der Waals surface area (Å²) in [7, 11) is 0. The fourth-order valence-electron chi connectivity index (χ4n) is 1.15. The molecule has 66 valence electrons. The average molecular weight is 176 g/mol. The molecule has 1 aromatic heterocycles. The van der Waals surface area contributed by atoms with Crippen molar-refractivity contribution in [2.24, 2.45) is 5.73 Å². The van der Waals surface area contributed by atoms with Gasteiger partial charge in [0, 0.05) is 21.6 Å². The molecular weight excluding hydrogens is 162 g/mol. The Hall–Kier alpha value is -1.61. The number of rotatable bonds is 2. The third-order valence-electron chi connectivity index (χ3n) is 1.74. The van der Waals surface area contributed by atoms with Crippen molar-refractivity contribution in [2.75, 3.05) is 0 Å². The Balaban J connectivity index is 2.62. The number of nitrogens with two attached hydrogens (primary N) is 1. The van der Waals surface area contributed by atoms with Crippen LogP contribution in [-0.4, -0.2) is 9.78 Å². The van der Waals surface area contributed by atoms with E-state index in [0.717, 1.165) is 0 Å². The molecule has 0 saturated carbocycles. The highest BCUT2D eigenvalue weighted by Crippen LogP contribution is 2.11. The normalized spacial score (nSPS) is 14.7. The van der Waals surface area contributed by atoms with Gasteiger partial charge in [-0.3, -0.25) is 0 Å². The highest BCUT2D eigenvalue weighted by atomic mass is 15.3. The molecule has 0 spiro atoms. The molecule has 13 heavy (non-hydrogen) atoms. The predicted molar refractivity (Wildman–Crippen MR) is 51.5 cm³/mol. The van der Waals surface area contributed by atoms with Gasteiger partial charge >= 0.3 is 0 Å². The molecule has 3 heteroatoms. The second kappa shape index (κ2) is 3.41. The van der Waals surface area contributed by atoms with Crippen LogP contribution in [0.1, 0.15) is 9.68 Å². The lowest BCUT2D eigenvalue weighted by Crippen LogP contribution is -2.04. The van der Waals surface area contributed by atoms with Crippen LogP contribution >= 0.6 is 0 Å². The van der Waals surface area contributed by atoms with E-state index in [1.165, 1.54) is 16.9 Å². The van der Waals surface area contributed by atoms with Crippen molar-refractivity contribution < 1.29 is 4.11 Å². The van der Waals surface area contributed by atoms with Crippen molar-refractivity contribution in [3.05, 3.63) is 48.3 Å². The maximum absolute atomic E-state index is 7.63. The molecule has 0 aliphatic heterocycles. The maximum Gasteiger partial charge on any atom is 0.0841 e. The van der Waals surface area contributed by atoms with Gasteiger partial charge in [0.2, 0.25) is 0 Å². The van der Waals surface area contributed by atoms with Gasteiger partial charge in [0.05, 0.1) is 7.06 Å². The predicted octanol–water partition coefficient (Wildman–Crippen LogP) is 1.33. The van der Waals surface area contributed by atoms with Crippen LogP contribution in [-0.2, 0) is 6.50 Å². The molecule has 0 atom stereocenters. The standard InChI is InChI=1S/C10H11N3/c11-8-9-4-1-2-5-10(9)13-7-3-6-12-13/h1-7H,8,11H2/i7D,8D2. The third kappa shape index (κ3) is 1.46. The van der Waals surface area contributed by atoms with E-state index in [9.17, 15) is 0 Å². The lowest BCUT2D eigenvalue weighted by Gasteiger charge is -2.06. The summed E-state index contributed by atoms with van der Waals surface area (Å²) < 4.78 is 24.0. The van der Waals surface area contributed by atoms with Crippen LogP contribution in [0.5, 0.6) is 0 Å². The van der Waals surface area contributed by atoms with Gasteiger partial charge in [0.15, 0.2) is 0 Å². The number of benzene rings is 1. The van der Waals surface area contributed by atoms with E-state index in [1.807, 2.05) is 0 Å². The molecule has 2 aromatic rings. The molecule has 0 aliphatic rings. The maximum atomic E-state index is 7.63. The molecule has 2 rings (SSSR count). The molecule has 0 unspecified atom stereocenters. The summed E-state index contributed by atoms with van der Waals surface area (Å²) in [5.74, 6) is 0. The summed E-state index contributed by atoms with van der Waals surface area (Å²) in [5, 5.41) is 3.97. The van der Waals surface area contributed by atoms with Gasteiger partial charge in [0.1, 0.15) is 0 Å². The van der Waals surface area contributed by atoms with Crippen LogP contribution < -0.4 is 5.73 Å². The zero-order valence-electron chi connectivity index (χ0n) is 9.94. The fourth-order valence-corrected chi connectivity index (χ4v) is 1.15. The molecule has 0 amide bonds. The number of hydrogen-bond acceptors (Lipinski definition) is 2. The number of aromatic nitrogens is 2. The van der Waals surface area contributed by atoms with Crippen molar-refractivity contribution in [1.29, 1.82) is 0 Å². The van der Waals surface area contributed by atoms with Gasteiger partial charge in [0.25, 0.3) is 0 Å². The average Bonchev–Trinajstić information content (AvgIpc) is 2.63. The van der Waals surface area contributed by atoms with E-state index in [-0.39, 0.29) is 6.17 Å². The van der Waals surface area contributed by atoms with Gasteiger partial charge in [-0.15, -0.1) is 0 Å². The smallest absolute Gasteiger partial charge is 0.0841 e. The van der Waals surface area contributed by atoms with E-state index in [4.69, 9.17) is 9.85 Å². The molecule has 0 aliphatic carbocycles. The number of hydrogen-bond donors (Lipinski definition) is 1. The summed E-state index contributed by atoms with van der Waals surface area (Å²) in [6.07, 6.45) is 1.68. The van der Waals surface area contributed by atoms with E-state index in [0.29, 0.717) is 11.3 Å². The zero-order chi connectivity index (χ0) is 11.8. The Kier molecular flexibility index (Phi) is 1.36. The van der Waals surface area contributed by atoms with Crippen LogP contribution in [0.15, 0.2) is 42.7 Å². The summed E-state index contributed by atoms with van der Waals surface area (Å²) in [6, 6.07) is 8.27. The molecule has 0 radical (unpaired) electrons. The summed E-state index contributed by atoms with van der Waals surface area (Å²) in [4.78, 5) is 0. The first-order valence-corrected chi connectivity index (χ1v) is 3.89.